The maximum absolute atomic E-state index is 12.2. The van der Waals surface area contributed by atoms with Crippen molar-refractivity contribution in [2.24, 2.45) is 0 Å². The van der Waals surface area contributed by atoms with Crippen molar-refractivity contribution in [2.75, 3.05) is 17.1 Å². The van der Waals surface area contributed by atoms with E-state index in [-0.39, 0.29) is 9.47 Å². The molecule has 1 heterocycles. The molecule has 0 radical (unpaired) electrons. The molecule has 0 unspecified atom stereocenters. The summed E-state index contributed by atoms with van der Waals surface area (Å²) in [5.74, 6) is 0. The summed E-state index contributed by atoms with van der Waals surface area (Å²) in [6.45, 7) is 1.90. The van der Waals surface area contributed by atoms with Gasteiger partial charge in [-0.15, -0.1) is 10.2 Å². The first kappa shape index (κ1) is 12.8. The largest absolute Gasteiger partial charge is 0.374 e. The van der Waals surface area contributed by atoms with Gasteiger partial charge in [-0.3, -0.25) is 4.31 Å². The SMILES string of the molecule is Cc1cccc(N(C)S(=O)(=O)c2nnc(N)s2)c1. The predicted octanol–water partition coefficient (Wildman–Crippen LogP) is 1.25. The highest BCUT2D eigenvalue weighted by Crippen LogP contribution is 2.25. The molecule has 2 aromatic rings. The third-order valence-corrected chi connectivity index (χ3v) is 5.25. The minimum Gasteiger partial charge on any atom is -0.374 e. The molecule has 0 fully saturated rings. The molecule has 6 nitrogen and oxygen atoms in total. The number of hydrogen-bond donors (Lipinski definition) is 1. The number of sulfonamides is 1. The molecule has 1 aromatic heterocycles. The number of nitrogen functional groups attached to an aromatic ring is 1. The Bertz CT molecular complexity index is 666. The predicted molar refractivity (Wildman–Crippen MR) is 71.1 cm³/mol. The second-order valence-corrected chi connectivity index (χ2v) is 6.87. The molecule has 96 valence electrons. The molecule has 0 saturated carbocycles. The van der Waals surface area contributed by atoms with Crippen molar-refractivity contribution in [3.63, 3.8) is 0 Å². The van der Waals surface area contributed by atoms with Crippen LogP contribution < -0.4 is 10.0 Å². The number of aromatic nitrogens is 2. The number of nitrogens with two attached hydrogens (primary N) is 1. The van der Waals surface area contributed by atoms with Gasteiger partial charge in [-0.2, -0.15) is 8.42 Å². The Hall–Kier alpha value is -1.67. The highest BCUT2D eigenvalue weighted by molar-refractivity contribution is 7.94. The van der Waals surface area contributed by atoms with E-state index in [0.29, 0.717) is 5.69 Å². The number of aryl methyl sites for hydroxylation is 1. The van der Waals surface area contributed by atoms with E-state index >= 15 is 0 Å². The average Bonchev–Trinajstić information content (AvgIpc) is 2.75. The molecule has 0 bridgehead atoms. The molecule has 0 aliphatic heterocycles. The van der Waals surface area contributed by atoms with Crippen LogP contribution in [0.3, 0.4) is 0 Å². The van der Waals surface area contributed by atoms with E-state index in [2.05, 4.69) is 10.2 Å². The Kier molecular flexibility index (Phi) is 3.22. The van der Waals surface area contributed by atoms with E-state index in [0.717, 1.165) is 16.9 Å². The number of benzene rings is 1. The molecule has 0 atom stereocenters. The molecule has 0 saturated heterocycles. The first-order valence-corrected chi connectivity index (χ1v) is 7.31. The Balaban J connectivity index is 2.42. The van der Waals surface area contributed by atoms with E-state index in [9.17, 15) is 8.42 Å². The van der Waals surface area contributed by atoms with Crippen LogP contribution in [0.1, 0.15) is 5.56 Å². The van der Waals surface area contributed by atoms with Crippen LogP contribution in [0.15, 0.2) is 28.6 Å². The zero-order valence-electron chi connectivity index (χ0n) is 9.86. The topological polar surface area (TPSA) is 89.2 Å². The third-order valence-electron chi connectivity index (χ3n) is 2.37. The summed E-state index contributed by atoms with van der Waals surface area (Å²) in [6.07, 6.45) is 0. The highest BCUT2D eigenvalue weighted by Gasteiger charge is 2.25. The van der Waals surface area contributed by atoms with Gasteiger partial charge in [0.15, 0.2) is 0 Å². The summed E-state index contributed by atoms with van der Waals surface area (Å²) in [4.78, 5) is 0. The zero-order chi connectivity index (χ0) is 13.3. The average molecular weight is 284 g/mol. The van der Waals surface area contributed by atoms with Crippen molar-refractivity contribution in [1.29, 1.82) is 0 Å². The number of rotatable bonds is 3. The summed E-state index contributed by atoms with van der Waals surface area (Å²) in [5.41, 5.74) is 6.95. The number of anilines is 2. The lowest BCUT2D eigenvalue weighted by Crippen LogP contribution is -2.26. The number of nitrogens with zero attached hydrogens (tertiary/aromatic N) is 3. The summed E-state index contributed by atoms with van der Waals surface area (Å²) < 4.78 is 25.5. The smallest absolute Gasteiger partial charge is 0.293 e. The van der Waals surface area contributed by atoms with Crippen molar-refractivity contribution in [3.8, 4) is 0 Å². The lowest BCUT2D eigenvalue weighted by Gasteiger charge is -2.17. The van der Waals surface area contributed by atoms with Crippen LogP contribution in [0.4, 0.5) is 10.8 Å². The number of hydrogen-bond acceptors (Lipinski definition) is 6. The molecule has 2 rings (SSSR count). The first-order valence-electron chi connectivity index (χ1n) is 5.06. The van der Waals surface area contributed by atoms with Crippen LogP contribution in [-0.4, -0.2) is 25.7 Å². The van der Waals surface area contributed by atoms with Crippen LogP contribution >= 0.6 is 11.3 Å². The van der Waals surface area contributed by atoms with Crippen molar-refractivity contribution in [1.82, 2.24) is 10.2 Å². The highest BCUT2D eigenvalue weighted by atomic mass is 32.2. The molecule has 18 heavy (non-hydrogen) atoms. The van der Waals surface area contributed by atoms with Crippen LogP contribution in [0.2, 0.25) is 0 Å². The molecule has 2 N–H and O–H groups in total. The third kappa shape index (κ3) is 2.29. The second-order valence-electron chi connectivity index (χ2n) is 3.72. The Morgan fingerprint density at radius 2 is 2.06 bits per heavy atom. The molecule has 0 spiro atoms. The van der Waals surface area contributed by atoms with Gasteiger partial charge in [0.05, 0.1) is 5.69 Å². The Labute approximate surface area is 109 Å². The zero-order valence-corrected chi connectivity index (χ0v) is 11.5. The minimum atomic E-state index is -3.69. The van der Waals surface area contributed by atoms with Gasteiger partial charge in [-0.25, -0.2) is 0 Å². The van der Waals surface area contributed by atoms with E-state index < -0.39 is 10.0 Å². The monoisotopic (exact) mass is 284 g/mol. The quantitative estimate of drug-likeness (QED) is 0.916. The molecular formula is C10H12N4O2S2. The minimum absolute atomic E-state index is 0.107. The second kappa shape index (κ2) is 4.54. The summed E-state index contributed by atoms with van der Waals surface area (Å²) in [6, 6.07) is 7.19. The lowest BCUT2D eigenvalue weighted by molar-refractivity contribution is 0.592. The molecule has 1 aromatic carbocycles. The molecule has 0 aliphatic rings. The summed E-state index contributed by atoms with van der Waals surface area (Å²) in [5, 5.41) is 7.22. The van der Waals surface area contributed by atoms with Crippen molar-refractivity contribution in [3.05, 3.63) is 29.8 Å². The van der Waals surface area contributed by atoms with Crippen molar-refractivity contribution in [2.45, 2.75) is 11.3 Å². The fourth-order valence-electron chi connectivity index (χ4n) is 1.40. The molecule has 8 heteroatoms. The fraction of sp³-hybridized carbons (Fsp3) is 0.200. The van der Waals surface area contributed by atoms with Gasteiger partial charge >= 0.3 is 0 Å². The van der Waals surface area contributed by atoms with E-state index in [4.69, 9.17) is 5.73 Å². The van der Waals surface area contributed by atoms with Gasteiger partial charge in [0.25, 0.3) is 14.4 Å². The van der Waals surface area contributed by atoms with E-state index in [1.165, 1.54) is 11.4 Å². The van der Waals surface area contributed by atoms with Crippen molar-refractivity contribution >= 4 is 32.2 Å². The Morgan fingerprint density at radius 1 is 1.33 bits per heavy atom. The van der Waals surface area contributed by atoms with Crippen LogP contribution in [0.25, 0.3) is 0 Å². The van der Waals surface area contributed by atoms with Crippen LogP contribution in [0.5, 0.6) is 0 Å². The van der Waals surface area contributed by atoms with Crippen molar-refractivity contribution < 1.29 is 8.42 Å². The van der Waals surface area contributed by atoms with Gasteiger partial charge in [-0.05, 0) is 24.6 Å². The summed E-state index contributed by atoms with van der Waals surface area (Å²) in [7, 11) is -2.22. The fourth-order valence-corrected chi connectivity index (χ4v) is 3.53. The normalized spacial score (nSPS) is 11.4. The maximum Gasteiger partial charge on any atom is 0.293 e. The molecule has 0 aliphatic carbocycles. The van der Waals surface area contributed by atoms with E-state index in [1.807, 2.05) is 13.0 Å². The maximum atomic E-state index is 12.2. The lowest BCUT2D eigenvalue weighted by atomic mass is 10.2. The summed E-state index contributed by atoms with van der Waals surface area (Å²) >= 11 is 0.848. The van der Waals surface area contributed by atoms with Gasteiger partial charge in [-0.1, -0.05) is 23.5 Å². The van der Waals surface area contributed by atoms with Crippen LogP contribution in [-0.2, 0) is 10.0 Å². The first-order chi connectivity index (χ1) is 8.41. The molecular weight excluding hydrogens is 272 g/mol. The van der Waals surface area contributed by atoms with Gasteiger partial charge in [0.2, 0.25) is 5.13 Å². The van der Waals surface area contributed by atoms with E-state index in [1.54, 1.807) is 18.2 Å². The van der Waals surface area contributed by atoms with Gasteiger partial charge < -0.3 is 5.73 Å². The Morgan fingerprint density at radius 3 is 2.61 bits per heavy atom. The van der Waals surface area contributed by atoms with Gasteiger partial charge in [0.1, 0.15) is 0 Å². The standard InChI is InChI=1S/C10H12N4O2S2/c1-7-4-3-5-8(6-7)14(2)18(15,16)10-13-12-9(11)17-10/h3-6H,1-2H3,(H2,11,12). The molecule has 0 amide bonds. The van der Waals surface area contributed by atoms with Crippen LogP contribution in [0, 0.1) is 6.92 Å². The van der Waals surface area contributed by atoms with Gasteiger partial charge in [0, 0.05) is 7.05 Å².